The molecule has 3 aromatic rings. The molecule has 0 aromatic heterocycles. The number of carboxylic acid groups (broad SMARTS) is 1. The average Bonchev–Trinajstić information content (AvgIpc) is 2.80. The first kappa shape index (κ1) is 23.2. The van der Waals surface area contributed by atoms with Crippen LogP contribution in [0.3, 0.4) is 0 Å². The van der Waals surface area contributed by atoms with E-state index in [1.54, 1.807) is 49.6 Å². The molecule has 3 rings (SSSR count). The standard InChI is InChI=1S/C25H24ClNO5/c1-31-20-8-10-21(11-9-20)32-23-12-7-19(26)16-22(23)25(30)27-15-14-18-4-2-17(3-5-18)6-13-24(28)29/h2-5,7-12,16H,6,13-15H2,1H3,(H,27,30)(H,28,29). The van der Waals surface area contributed by atoms with Crippen LogP contribution in [0, 0.1) is 0 Å². The van der Waals surface area contributed by atoms with Gasteiger partial charge < -0.3 is 19.9 Å². The maximum absolute atomic E-state index is 12.8. The van der Waals surface area contributed by atoms with Crippen LogP contribution in [-0.4, -0.2) is 30.6 Å². The predicted octanol–water partition coefficient (Wildman–Crippen LogP) is 5.13. The lowest BCUT2D eigenvalue weighted by Crippen LogP contribution is -2.26. The van der Waals surface area contributed by atoms with E-state index >= 15 is 0 Å². The van der Waals surface area contributed by atoms with E-state index < -0.39 is 5.97 Å². The maximum atomic E-state index is 12.8. The summed E-state index contributed by atoms with van der Waals surface area (Å²) in [7, 11) is 1.59. The van der Waals surface area contributed by atoms with Gasteiger partial charge in [-0.15, -0.1) is 0 Å². The van der Waals surface area contributed by atoms with Crippen molar-refractivity contribution in [1.82, 2.24) is 5.32 Å². The number of carbonyl (C=O) groups is 2. The third-order valence-corrected chi connectivity index (χ3v) is 5.06. The Morgan fingerprint density at radius 1 is 0.906 bits per heavy atom. The van der Waals surface area contributed by atoms with Crippen molar-refractivity contribution in [2.24, 2.45) is 0 Å². The van der Waals surface area contributed by atoms with Crippen LogP contribution in [0.4, 0.5) is 0 Å². The zero-order chi connectivity index (χ0) is 22.9. The summed E-state index contributed by atoms with van der Waals surface area (Å²) in [6.07, 6.45) is 1.24. The Kier molecular flexibility index (Phi) is 8.11. The summed E-state index contributed by atoms with van der Waals surface area (Å²) >= 11 is 6.10. The quantitative estimate of drug-likeness (QED) is 0.444. The van der Waals surface area contributed by atoms with Crippen LogP contribution in [0.1, 0.15) is 27.9 Å². The summed E-state index contributed by atoms with van der Waals surface area (Å²) < 4.78 is 11.0. The van der Waals surface area contributed by atoms with Crippen LogP contribution >= 0.6 is 11.6 Å². The maximum Gasteiger partial charge on any atom is 0.303 e. The van der Waals surface area contributed by atoms with Gasteiger partial charge in [-0.1, -0.05) is 35.9 Å². The number of methoxy groups -OCH3 is 1. The molecule has 0 aliphatic heterocycles. The van der Waals surface area contributed by atoms with E-state index in [2.05, 4.69) is 5.32 Å². The molecule has 2 N–H and O–H groups in total. The number of carbonyl (C=O) groups excluding carboxylic acids is 1. The number of aliphatic carboxylic acids is 1. The summed E-state index contributed by atoms with van der Waals surface area (Å²) in [5, 5.41) is 12.1. The van der Waals surface area contributed by atoms with Crippen LogP contribution in [-0.2, 0) is 17.6 Å². The predicted molar refractivity (Wildman–Crippen MR) is 123 cm³/mol. The summed E-state index contributed by atoms with van der Waals surface area (Å²) in [6.45, 7) is 0.432. The number of amides is 1. The van der Waals surface area contributed by atoms with E-state index in [0.29, 0.717) is 47.2 Å². The number of aryl methyl sites for hydroxylation is 1. The first-order valence-corrected chi connectivity index (χ1v) is 10.5. The van der Waals surface area contributed by atoms with Crippen molar-refractivity contribution in [3.8, 4) is 17.2 Å². The zero-order valence-corrected chi connectivity index (χ0v) is 18.4. The Labute approximate surface area is 191 Å². The van der Waals surface area contributed by atoms with Crippen LogP contribution in [0.2, 0.25) is 5.02 Å². The molecule has 0 spiro atoms. The number of rotatable bonds is 10. The minimum absolute atomic E-state index is 0.107. The number of halogens is 1. The van der Waals surface area contributed by atoms with Crippen molar-refractivity contribution in [3.05, 3.63) is 88.4 Å². The zero-order valence-electron chi connectivity index (χ0n) is 17.6. The highest BCUT2D eigenvalue weighted by Gasteiger charge is 2.14. The van der Waals surface area contributed by atoms with Gasteiger partial charge in [-0.25, -0.2) is 0 Å². The molecule has 166 valence electrons. The van der Waals surface area contributed by atoms with E-state index in [-0.39, 0.29) is 12.3 Å². The SMILES string of the molecule is COc1ccc(Oc2ccc(Cl)cc2C(=O)NCCc2ccc(CCC(=O)O)cc2)cc1. The topological polar surface area (TPSA) is 84.9 Å². The van der Waals surface area contributed by atoms with Crippen LogP contribution < -0.4 is 14.8 Å². The van der Waals surface area contributed by atoms with E-state index in [1.165, 1.54) is 0 Å². The average molecular weight is 454 g/mol. The lowest BCUT2D eigenvalue weighted by Gasteiger charge is -2.12. The minimum Gasteiger partial charge on any atom is -0.497 e. The number of nitrogens with one attached hydrogen (secondary N) is 1. The highest BCUT2D eigenvalue weighted by Crippen LogP contribution is 2.29. The number of hydrogen-bond donors (Lipinski definition) is 2. The van der Waals surface area contributed by atoms with Crippen molar-refractivity contribution in [2.45, 2.75) is 19.3 Å². The molecule has 6 nitrogen and oxygen atoms in total. The molecular weight excluding hydrogens is 430 g/mol. The van der Waals surface area contributed by atoms with Gasteiger partial charge in [0.2, 0.25) is 0 Å². The van der Waals surface area contributed by atoms with Crippen LogP contribution in [0.15, 0.2) is 66.7 Å². The number of hydrogen-bond acceptors (Lipinski definition) is 4. The Morgan fingerprint density at radius 3 is 2.16 bits per heavy atom. The lowest BCUT2D eigenvalue weighted by atomic mass is 10.1. The monoisotopic (exact) mass is 453 g/mol. The summed E-state index contributed by atoms with van der Waals surface area (Å²) in [6, 6.07) is 19.7. The van der Waals surface area contributed by atoms with Crippen LogP contribution in [0.5, 0.6) is 17.2 Å². The minimum atomic E-state index is -0.812. The van der Waals surface area contributed by atoms with Gasteiger partial charge in [0.05, 0.1) is 12.7 Å². The molecule has 32 heavy (non-hydrogen) atoms. The molecule has 1 amide bonds. The van der Waals surface area contributed by atoms with E-state index in [9.17, 15) is 9.59 Å². The van der Waals surface area contributed by atoms with Crippen molar-refractivity contribution in [3.63, 3.8) is 0 Å². The highest BCUT2D eigenvalue weighted by atomic mass is 35.5. The molecule has 0 radical (unpaired) electrons. The van der Waals surface area contributed by atoms with Gasteiger partial charge in [-0.3, -0.25) is 9.59 Å². The second-order valence-electron chi connectivity index (χ2n) is 7.13. The molecule has 0 saturated carbocycles. The van der Waals surface area contributed by atoms with Crippen molar-refractivity contribution in [1.29, 1.82) is 0 Å². The van der Waals surface area contributed by atoms with Gasteiger partial charge in [0.25, 0.3) is 5.91 Å². The third-order valence-electron chi connectivity index (χ3n) is 4.82. The molecule has 7 heteroatoms. The summed E-state index contributed by atoms with van der Waals surface area (Å²) in [4.78, 5) is 23.4. The Hall–Kier alpha value is -3.51. The van der Waals surface area contributed by atoms with E-state index in [0.717, 1.165) is 11.1 Å². The fourth-order valence-corrected chi connectivity index (χ4v) is 3.25. The van der Waals surface area contributed by atoms with Crippen molar-refractivity contribution in [2.75, 3.05) is 13.7 Å². The van der Waals surface area contributed by atoms with E-state index in [4.69, 9.17) is 26.2 Å². The molecule has 0 saturated heterocycles. The van der Waals surface area contributed by atoms with Gasteiger partial charge in [-0.2, -0.15) is 0 Å². The molecule has 0 unspecified atom stereocenters. The molecule has 0 aliphatic rings. The van der Waals surface area contributed by atoms with Crippen LogP contribution in [0.25, 0.3) is 0 Å². The smallest absolute Gasteiger partial charge is 0.303 e. The Morgan fingerprint density at radius 2 is 1.53 bits per heavy atom. The van der Waals surface area contributed by atoms with Gasteiger partial charge >= 0.3 is 5.97 Å². The molecule has 0 heterocycles. The van der Waals surface area contributed by atoms with E-state index in [1.807, 2.05) is 24.3 Å². The highest BCUT2D eigenvalue weighted by molar-refractivity contribution is 6.31. The molecular formula is C25H24ClNO5. The van der Waals surface area contributed by atoms with Crippen molar-refractivity contribution < 1.29 is 24.2 Å². The normalized spacial score (nSPS) is 10.4. The Balaban J connectivity index is 1.59. The third kappa shape index (κ3) is 6.75. The number of carboxylic acids is 1. The second-order valence-corrected chi connectivity index (χ2v) is 7.57. The van der Waals surface area contributed by atoms with Crippen molar-refractivity contribution >= 4 is 23.5 Å². The number of ether oxygens (including phenoxy) is 2. The van der Waals surface area contributed by atoms with Gasteiger partial charge in [0.15, 0.2) is 0 Å². The fraction of sp³-hybridized carbons (Fsp3) is 0.200. The number of benzene rings is 3. The summed E-state index contributed by atoms with van der Waals surface area (Å²) in [5.41, 5.74) is 2.36. The molecule has 3 aromatic carbocycles. The fourth-order valence-electron chi connectivity index (χ4n) is 3.08. The molecule has 0 atom stereocenters. The molecule has 0 bridgehead atoms. The molecule has 0 fully saturated rings. The largest absolute Gasteiger partial charge is 0.497 e. The summed E-state index contributed by atoms with van der Waals surface area (Å²) in [5.74, 6) is 0.591. The van der Waals surface area contributed by atoms with Gasteiger partial charge in [0, 0.05) is 18.0 Å². The molecule has 0 aliphatic carbocycles. The lowest BCUT2D eigenvalue weighted by molar-refractivity contribution is -0.136. The first-order valence-electron chi connectivity index (χ1n) is 10.1. The Bertz CT molecular complexity index is 1060. The van der Waals surface area contributed by atoms with Gasteiger partial charge in [-0.05, 0) is 66.4 Å². The second kappa shape index (κ2) is 11.2. The van der Waals surface area contributed by atoms with Gasteiger partial charge in [0.1, 0.15) is 17.2 Å². The first-order chi connectivity index (χ1) is 15.4.